The van der Waals surface area contributed by atoms with E-state index >= 15 is 0 Å². The van der Waals surface area contributed by atoms with Gasteiger partial charge in [0.15, 0.2) is 5.82 Å². The number of aromatic nitrogens is 4. The highest BCUT2D eigenvalue weighted by molar-refractivity contribution is 5.60. The average Bonchev–Trinajstić information content (AvgIpc) is 2.95. The van der Waals surface area contributed by atoms with Crippen LogP contribution < -0.4 is 9.47 Å². The topological polar surface area (TPSA) is 85.8 Å². The molecule has 0 bridgehead atoms. The SMILES string of the molecule is COc1cc(OC)cc(-c2nnnn2CCCC#N)c1. The van der Waals surface area contributed by atoms with Gasteiger partial charge in [0, 0.05) is 24.6 Å². The Balaban J connectivity index is 2.31. The summed E-state index contributed by atoms with van der Waals surface area (Å²) in [5.74, 6) is 1.97. The van der Waals surface area contributed by atoms with E-state index in [0.29, 0.717) is 36.7 Å². The first kappa shape index (κ1) is 13.8. The molecule has 0 N–H and O–H groups in total. The van der Waals surface area contributed by atoms with Crippen LogP contribution in [-0.4, -0.2) is 34.4 Å². The maximum Gasteiger partial charge on any atom is 0.182 e. The highest BCUT2D eigenvalue weighted by Gasteiger charge is 2.11. The molecule has 0 amide bonds. The van der Waals surface area contributed by atoms with Crippen molar-refractivity contribution in [3.8, 4) is 29.0 Å². The molecule has 7 heteroatoms. The van der Waals surface area contributed by atoms with Crippen LogP contribution in [0.1, 0.15) is 12.8 Å². The number of ether oxygens (including phenoxy) is 2. The highest BCUT2D eigenvalue weighted by Crippen LogP contribution is 2.28. The van der Waals surface area contributed by atoms with E-state index in [1.54, 1.807) is 25.0 Å². The van der Waals surface area contributed by atoms with Gasteiger partial charge in [-0.3, -0.25) is 0 Å². The lowest BCUT2D eigenvalue weighted by molar-refractivity contribution is 0.394. The van der Waals surface area contributed by atoms with E-state index in [-0.39, 0.29) is 0 Å². The Kier molecular flexibility index (Phi) is 4.50. The van der Waals surface area contributed by atoms with Crippen LogP contribution in [0.25, 0.3) is 11.4 Å². The van der Waals surface area contributed by atoms with Gasteiger partial charge in [-0.05, 0) is 29.0 Å². The Hall–Kier alpha value is -2.62. The average molecular weight is 273 g/mol. The summed E-state index contributed by atoms with van der Waals surface area (Å²) in [5, 5.41) is 20.2. The van der Waals surface area contributed by atoms with Crippen LogP contribution in [0, 0.1) is 11.3 Å². The lowest BCUT2D eigenvalue weighted by Gasteiger charge is -2.08. The maximum atomic E-state index is 8.57. The minimum atomic E-state index is 0.473. The number of hydrogen-bond acceptors (Lipinski definition) is 6. The molecule has 0 aliphatic rings. The molecule has 0 unspecified atom stereocenters. The van der Waals surface area contributed by atoms with E-state index in [2.05, 4.69) is 21.6 Å². The molecule has 0 radical (unpaired) electrons. The van der Waals surface area contributed by atoms with Crippen molar-refractivity contribution in [1.82, 2.24) is 20.2 Å². The zero-order valence-corrected chi connectivity index (χ0v) is 11.4. The second kappa shape index (κ2) is 6.52. The lowest BCUT2D eigenvalue weighted by atomic mass is 10.2. The molecule has 0 aliphatic carbocycles. The Bertz CT molecular complexity index is 595. The Labute approximate surface area is 116 Å². The van der Waals surface area contributed by atoms with E-state index in [1.165, 1.54) is 0 Å². The van der Waals surface area contributed by atoms with Gasteiger partial charge in [0.25, 0.3) is 0 Å². The van der Waals surface area contributed by atoms with Crippen molar-refractivity contribution in [2.45, 2.75) is 19.4 Å². The van der Waals surface area contributed by atoms with Crippen LogP contribution >= 0.6 is 0 Å². The fourth-order valence-corrected chi connectivity index (χ4v) is 1.81. The van der Waals surface area contributed by atoms with Gasteiger partial charge in [0.2, 0.25) is 0 Å². The predicted octanol–water partition coefficient (Wildman–Crippen LogP) is 1.66. The molecular weight excluding hydrogens is 258 g/mol. The second-order valence-electron chi connectivity index (χ2n) is 4.09. The van der Waals surface area contributed by atoms with Crippen molar-refractivity contribution in [2.75, 3.05) is 14.2 Å². The number of unbranched alkanes of at least 4 members (excludes halogenated alkanes) is 1. The summed E-state index contributed by atoms with van der Waals surface area (Å²) in [5.41, 5.74) is 0.808. The van der Waals surface area contributed by atoms with Gasteiger partial charge < -0.3 is 9.47 Å². The third kappa shape index (κ3) is 3.03. The Morgan fingerprint density at radius 3 is 2.50 bits per heavy atom. The minimum Gasteiger partial charge on any atom is -0.497 e. The second-order valence-corrected chi connectivity index (χ2v) is 4.09. The van der Waals surface area contributed by atoms with Crippen molar-refractivity contribution < 1.29 is 9.47 Å². The van der Waals surface area contributed by atoms with E-state index in [1.807, 2.05) is 12.1 Å². The van der Waals surface area contributed by atoms with E-state index in [4.69, 9.17) is 14.7 Å². The van der Waals surface area contributed by atoms with Gasteiger partial charge in [-0.2, -0.15) is 5.26 Å². The summed E-state index contributed by atoms with van der Waals surface area (Å²) in [6.45, 7) is 0.593. The van der Waals surface area contributed by atoms with Crippen molar-refractivity contribution in [3.05, 3.63) is 18.2 Å². The van der Waals surface area contributed by atoms with Gasteiger partial charge in [-0.25, -0.2) is 4.68 Å². The summed E-state index contributed by atoms with van der Waals surface area (Å²) in [6.07, 6.45) is 1.18. The number of aryl methyl sites for hydroxylation is 1. The fourth-order valence-electron chi connectivity index (χ4n) is 1.81. The van der Waals surface area contributed by atoms with Crippen LogP contribution in [0.2, 0.25) is 0 Å². The molecule has 2 rings (SSSR count). The number of tetrazole rings is 1. The lowest BCUT2D eigenvalue weighted by Crippen LogP contribution is -2.03. The summed E-state index contributed by atoms with van der Waals surface area (Å²) < 4.78 is 12.1. The predicted molar refractivity (Wildman–Crippen MR) is 71.2 cm³/mol. The first-order chi connectivity index (χ1) is 9.78. The van der Waals surface area contributed by atoms with E-state index < -0.39 is 0 Å². The molecule has 0 fully saturated rings. The molecule has 7 nitrogen and oxygen atoms in total. The zero-order chi connectivity index (χ0) is 14.4. The molecule has 1 aromatic heterocycles. The first-order valence-electron chi connectivity index (χ1n) is 6.15. The summed E-state index contributed by atoms with van der Waals surface area (Å²) in [4.78, 5) is 0. The fraction of sp³-hybridized carbons (Fsp3) is 0.385. The summed E-state index contributed by atoms with van der Waals surface area (Å²) in [7, 11) is 3.18. The molecule has 0 atom stereocenters. The summed E-state index contributed by atoms with van der Waals surface area (Å²) >= 11 is 0. The highest BCUT2D eigenvalue weighted by atomic mass is 16.5. The first-order valence-corrected chi connectivity index (χ1v) is 6.15. The van der Waals surface area contributed by atoms with Crippen molar-refractivity contribution in [3.63, 3.8) is 0 Å². The smallest absolute Gasteiger partial charge is 0.182 e. The van der Waals surface area contributed by atoms with Gasteiger partial charge in [-0.15, -0.1) is 5.10 Å². The van der Waals surface area contributed by atoms with Gasteiger partial charge in [0.1, 0.15) is 11.5 Å². The Morgan fingerprint density at radius 2 is 1.90 bits per heavy atom. The third-order valence-electron chi connectivity index (χ3n) is 2.80. The monoisotopic (exact) mass is 273 g/mol. The standard InChI is InChI=1S/C13H15N5O2/c1-19-11-7-10(8-12(9-11)20-2)13-15-16-17-18(13)6-4-3-5-14/h7-9H,3-4,6H2,1-2H3. The number of rotatable bonds is 6. The normalized spacial score (nSPS) is 10.1. The van der Waals surface area contributed by atoms with E-state index in [0.717, 1.165) is 5.56 Å². The van der Waals surface area contributed by atoms with Gasteiger partial charge in [0.05, 0.1) is 20.3 Å². The van der Waals surface area contributed by atoms with Crippen molar-refractivity contribution in [1.29, 1.82) is 5.26 Å². The number of benzene rings is 1. The van der Waals surface area contributed by atoms with Crippen LogP contribution in [-0.2, 0) is 6.54 Å². The molecule has 2 aromatic rings. The quantitative estimate of drug-likeness (QED) is 0.744. The number of nitriles is 1. The largest absolute Gasteiger partial charge is 0.497 e. The van der Waals surface area contributed by atoms with Gasteiger partial charge in [-0.1, -0.05) is 0 Å². The minimum absolute atomic E-state index is 0.473. The number of hydrogen-bond donors (Lipinski definition) is 0. The molecule has 1 aromatic carbocycles. The molecule has 0 saturated carbocycles. The molecule has 20 heavy (non-hydrogen) atoms. The van der Waals surface area contributed by atoms with Crippen LogP contribution in [0.5, 0.6) is 11.5 Å². The number of nitrogens with zero attached hydrogens (tertiary/aromatic N) is 5. The van der Waals surface area contributed by atoms with Crippen LogP contribution in [0.15, 0.2) is 18.2 Å². The van der Waals surface area contributed by atoms with Crippen molar-refractivity contribution >= 4 is 0 Å². The van der Waals surface area contributed by atoms with Crippen LogP contribution in [0.4, 0.5) is 0 Å². The van der Waals surface area contributed by atoms with Gasteiger partial charge >= 0.3 is 0 Å². The van der Waals surface area contributed by atoms with E-state index in [9.17, 15) is 0 Å². The number of methoxy groups -OCH3 is 2. The van der Waals surface area contributed by atoms with Crippen LogP contribution in [0.3, 0.4) is 0 Å². The maximum absolute atomic E-state index is 8.57. The Morgan fingerprint density at radius 1 is 1.20 bits per heavy atom. The summed E-state index contributed by atoms with van der Waals surface area (Å²) in [6, 6.07) is 7.57. The van der Waals surface area contributed by atoms with Crippen molar-refractivity contribution in [2.24, 2.45) is 0 Å². The molecular formula is C13H15N5O2. The molecule has 104 valence electrons. The molecule has 0 spiro atoms. The zero-order valence-electron chi connectivity index (χ0n) is 11.4. The third-order valence-corrected chi connectivity index (χ3v) is 2.80. The molecule has 0 saturated heterocycles. The molecule has 0 aliphatic heterocycles. The molecule has 1 heterocycles.